The summed E-state index contributed by atoms with van der Waals surface area (Å²) in [5.74, 6) is -11.0. The minimum atomic E-state index is -3.20. The molecular formula is C37H52F2N10O11S. The van der Waals surface area contributed by atoms with Gasteiger partial charge in [-0.1, -0.05) is 19.3 Å². The van der Waals surface area contributed by atoms with Gasteiger partial charge in [0.1, 0.15) is 30.2 Å². The summed E-state index contributed by atoms with van der Waals surface area (Å²) in [6.45, 7) is 0.405. The van der Waals surface area contributed by atoms with Gasteiger partial charge in [0.2, 0.25) is 35.4 Å². The number of halogens is 2. The number of carboxylic acid groups (broad SMARTS) is 2. The summed E-state index contributed by atoms with van der Waals surface area (Å²) < 4.78 is 27.5. The maximum Gasteiger partial charge on any atom is 0.327 e. The number of pyridine rings is 1. The van der Waals surface area contributed by atoms with Crippen molar-refractivity contribution in [1.82, 2.24) is 41.8 Å². The van der Waals surface area contributed by atoms with Crippen LogP contribution in [-0.2, 0) is 44.9 Å². The van der Waals surface area contributed by atoms with Gasteiger partial charge < -0.3 is 52.7 Å². The van der Waals surface area contributed by atoms with Crippen molar-refractivity contribution in [3.8, 4) is 6.07 Å². The molecule has 2 heterocycles. The van der Waals surface area contributed by atoms with Crippen molar-refractivity contribution in [3.05, 3.63) is 29.6 Å². The Morgan fingerprint density at radius 1 is 0.918 bits per heavy atom. The fraction of sp³-hybridized carbons (Fsp3) is 0.595. The summed E-state index contributed by atoms with van der Waals surface area (Å²) in [6.07, 6.45) is 3.00. The minimum absolute atomic E-state index is 0.0660. The predicted molar refractivity (Wildman–Crippen MR) is 212 cm³/mol. The summed E-state index contributed by atoms with van der Waals surface area (Å²) in [5, 5.41) is 41.8. The largest absolute Gasteiger partial charge is 0.481 e. The average molecular weight is 883 g/mol. The number of hydrogen-bond donors (Lipinski definition) is 10. The molecule has 0 spiro atoms. The second-order valence-corrected chi connectivity index (χ2v) is 14.6. The SMILES string of the molecule is C[C@H](NC(=O)c1ccnc(CNC(=O)CCC(=O)NCCCCCCCC(=O)NCC(N)C(=O)NC(CC(=O)O)C(=O)NC(CS)C(=O)O)c1)C(=O)N1CC(F)(F)C[C@H]1C#N. The van der Waals surface area contributed by atoms with E-state index >= 15 is 0 Å². The van der Waals surface area contributed by atoms with E-state index in [0.717, 1.165) is 17.7 Å². The maximum absolute atomic E-state index is 13.8. The van der Waals surface area contributed by atoms with Crippen LogP contribution in [0.15, 0.2) is 18.3 Å². The Labute approximate surface area is 355 Å². The van der Waals surface area contributed by atoms with Gasteiger partial charge in [0.05, 0.1) is 31.3 Å². The number of nitrogens with zero attached hydrogens (tertiary/aromatic N) is 3. The highest BCUT2D eigenvalue weighted by molar-refractivity contribution is 7.80. The number of carbonyl (C=O) groups is 9. The number of amides is 7. The number of thiol groups is 1. The van der Waals surface area contributed by atoms with E-state index in [-0.39, 0.29) is 55.5 Å². The van der Waals surface area contributed by atoms with Crippen LogP contribution in [-0.4, -0.2) is 135 Å². The van der Waals surface area contributed by atoms with Gasteiger partial charge in [-0.2, -0.15) is 17.9 Å². The Hall–Kier alpha value is -5.96. The van der Waals surface area contributed by atoms with E-state index in [2.05, 4.69) is 49.5 Å². The van der Waals surface area contributed by atoms with Crippen molar-refractivity contribution in [3.63, 3.8) is 0 Å². The molecule has 0 bridgehead atoms. The van der Waals surface area contributed by atoms with E-state index in [1.54, 1.807) is 6.07 Å². The van der Waals surface area contributed by atoms with Crippen LogP contribution in [0.2, 0.25) is 0 Å². The molecule has 0 aliphatic carbocycles. The number of alkyl halides is 2. The van der Waals surface area contributed by atoms with Gasteiger partial charge in [0.15, 0.2) is 0 Å². The second-order valence-electron chi connectivity index (χ2n) is 14.2. The molecule has 24 heteroatoms. The lowest BCUT2D eigenvalue weighted by molar-refractivity contribution is -0.143. The van der Waals surface area contributed by atoms with Gasteiger partial charge in [-0.05, 0) is 31.9 Å². The quantitative estimate of drug-likeness (QED) is 0.0383. The van der Waals surface area contributed by atoms with Crippen molar-refractivity contribution in [2.75, 3.05) is 25.4 Å². The fourth-order valence-corrected chi connectivity index (χ4v) is 6.00. The number of nitrogens with two attached hydrogens (primary N) is 1. The van der Waals surface area contributed by atoms with Crippen molar-refractivity contribution in [1.29, 1.82) is 5.26 Å². The zero-order valence-electron chi connectivity index (χ0n) is 33.4. The van der Waals surface area contributed by atoms with Gasteiger partial charge in [-0.25, -0.2) is 13.6 Å². The predicted octanol–water partition coefficient (Wildman–Crippen LogP) is -1.28. The third-order valence-corrected chi connectivity index (χ3v) is 9.48. The highest BCUT2D eigenvalue weighted by Crippen LogP contribution is 2.32. The van der Waals surface area contributed by atoms with Crippen molar-refractivity contribution in [2.45, 2.75) is 114 Å². The van der Waals surface area contributed by atoms with Crippen LogP contribution in [0.4, 0.5) is 8.78 Å². The van der Waals surface area contributed by atoms with Gasteiger partial charge >= 0.3 is 11.9 Å². The topological polar surface area (TPSA) is 332 Å². The molecule has 1 aromatic heterocycles. The molecule has 336 valence electrons. The van der Waals surface area contributed by atoms with Gasteiger partial charge in [-0.3, -0.25) is 43.3 Å². The summed E-state index contributed by atoms with van der Waals surface area (Å²) in [5.41, 5.74) is 6.18. The number of nitrogens with one attached hydrogen (secondary N) is 6. The number of carbonyl (C=O) groups excluding carboxylic acids is 7. The van der Waals surface area contributed by atoms with E-state index in [9.17, 15) is 51.9 Å². The molecule has 7 amide bonds. The number of carboxylic acids is 2. The lowest BCUT2D eigenvalue weighted by atomic mass is 10.1. The van der Waals surface area contributed by atoms with Crippen LogP contribution in [0.25, 0.3) is 0 Å². The molecule has 1 aliphatic heterocycles. The van der Waals surface area contributed by atoms with Gasteiger partial charge in [0, 0.05) is 56.3 Å². The molecule has 0 aromatic carbocycles. The molecule has 1 aromatic rings. The Bertz CT molecular complexity index is 1800. The zero-order valence-corrected chi connectivity index (χ0v) is 34.3. The monoisotopic (exact) mass is 882 g/mol. The van der Waals surface area contributed by atoms with E-state index in [1.165, 1.54) is 25.3 Å². The van der Waals surface area contributed by atoms with Crippen LogP contribution >= 0.6 is 12.6 Å². The molecule has 1 saturated heterocycles. The molecule has 3 unspecified atom stereocenters. The Morgan fingerprint density at radius 3 is 2.18 bits per heavy atom. The third kappa shape index (κ3) is 18.9. The molecular weight excluding hydrogens is 831 g/mol. The second kappa shape index (κ2) is 25.6. The number of unbranched alkanes of at least 4 members (excludes halogenated alkanes) is 4. The summed E-state index contributed by atoms with van der Waals surface area (Å²) in [7, 11) is 0. The van der Waals surface area contributed by atoms with Gasteiger partial charge in [0.25, 0.3) is 11.8 Å². The molecule has 21 nitrogen and oxygen atoms in total. The summed E-state index contributed by atoms with van der Waals surface area (Å²) in [6, 6.07) is -2.45. The normalized spacial score (nSPS) is 16.1. The third-order valence-electron chi connectivity index (χ3n) is 9.11. The first-order valence-corrected chi connectivity index (χ1v) is 20.0. The summed E-state index contributed by atoms with van der Waals surface area (Å²) in [4.78, 5) is 114. The first-order valence-electron chi connectivity index (χ1n) is 19.3. The number of aromatic nitrogens is 1. The summed E-state index contributed by atoms with van der Waals surface area (Å²) >= 11 is 3.81. The van der Waals surface area contributed by atoms with Crippen LogP contribution in [0, 0.1) is 11.3 Å². The van der Waals surface area contributed by atoms with Crippen LogP contribution in [0.5, 0.6) is 0 Å². The van der Waals surface area contributed by atoms with Crippen LogP contribution in [0.1, 0.15) is 87.2 Å². The highest BCUT2D eigenvalue weighted by atomic mass is 32.1. The van der Waals surface area contributed by atoms with E-state index in [4.69, 9.17) is 21.2 Å². The number of likely N-dealkylation sites (tertiary alicyclic amines) is 1. The minimum Gasteiger partial charge on any atom is -0.481 e. The van der Waals surface area contributed by atoms with Crippen molar-refractivity contribution >= 4 is 65.9 Å². The zero-order chi connectivity index (χ0) is 45.7. The van der Waals surface area contributed by atoms with E-state index in [1.807, 2.05) is 0 Å². The molecule has 61 heavy (non-hydrogen) atoms. The van der Waals surface area contributed by atoms with Crippen molar-refractivity contribution < 1.29 is 62.1 Å². The molecule has 0 radical (unpaired) electrons. The maximum atomic E-state index is 13.8. The lowest BCUT2D eigenvalue weighted by Crippen LogP contribution is -2.57. The van der Waals surface area contributed by atoms with E-state index < -0.39 is 97.0 Å². The number of hydrogen-bond acceptors (Lipinski definition) is 13. The molecule has 1 aliphatic rings. The highest BCUT2D eigenvalue weighted by Gasteiger charge is 2.48. The number of rotatable bonds is 26. The first-order chi connectivity index (χ1) is 28.8. The molecule has 5 atom stereocenters. The lowest BCUT2D eigenvalue weighted by Gasteiger charge is -2.23. The van der Waals surface area contributed by atoms with Gasteiger partial charge in [-0.15, -0.1) is 0 Å². The average Bonchev–Trinajstić information content (AvgIpc) is 3.54. The van der Waals surface area contributed by atoms with Crippen LogP contribution < -0.4 is 37.6 Å². The molecule has 1 fully saturated rings. The van der Waals surface area contributed by atoms with Crippen molar-refractivity contribution in [2.24, 2.45) is 5.73 Å². The number of aliphatic carboxylic acids is 2. The Kier molecular flexibility index (Phi) is 21.5. The Balaban J connectivity index is 1.58. The first kappa shape index (κ1) is 51.2. The molecule has 10 N–H and O–H groups in total. The molecule has 0 saturated carbocycles. The fourth-order valence-electron chi connectivity index (χ4n) is 5.76. The number of nitriles is 1. The smallest absolute Gasteiger partial charge is 0.327 e. The van der Waals surface area contributed by atoms with Crippen LogP contribution in [0.3, 0.4) is 0 Å². The molecule has 2 rings (SSSR count). The van der Waals surface area contributed by atoms with E-state index in [0.29, 0.717) is 31.5 Å². The Morgan fingerprint density at radius 2 is 1.54 bits per heavy atom. The standard InChI is InChI=1S/C37H52F2N10O11S/c1-21(35(58)49-20-37(38,39)15-24(49)16-40)46-32(55)22-10-12-42-23(13-22)17-44-30(52)9-8-29(51)43-11-6-4-2-3-5-7-28(50)45-18-25(41)33(56)47-26(14-31(53)54)34(57)48-27(19-61)36(59)60/h10,12-13,21,24-27,61H,2-9,11,14-15,17-20,41H2,1H3,(H,43,51)(H,44,52)(H,45,50)(H,46,55)(H,47,56)(H,48,57)(H,53,54)(H,59,60)/t21-,24-,25?,26?,27?/m0/s1.